The van der Waals surface area contributed by atoms with Crippen molar-refractivity contribution >= 4 is 33.2 Å². The molecular formula is C17H19ClN2O4S. The molecule has 0 aromatic heterocycles. The number of ether oxygens (including phenoxy) is 1. The van der Waals surface area contributed by atoms with Crippen LogP contribution in [-0.4, -0.2) is 27.5 Å². The average molecular weight is 383 g/mol. The molecule has 2 N–H and O–H groups in total. The van der Waals surface area contributed by atoms with Gasteiger partial charge in [0.1, 0.15) is 10.6 Å². The number of carbonyl (C=O) groups excluding carboxylic acids is 1. The molecule has 0 unspecified atom stereocenters. The van der Waals surface area contributed by atoms with Gasteiger partial charge in [0.25, 0.3) is 0 Å². The van der Waals surface area contributed by atoms with Gasteiger partial charge in [0.05, 0.1) is 13.2 Å². The first-order valence-corrected chi connectivity index (χ1v) is 9.32. The van der Waals surface area contributed by atoms with Crippen molar-refractivity contribution in [3.63, 3.8) is 0 Å². The summed E-state index contributed by atoms with van der Waals surface area (Å²) in [6.07, 6.45) is 0. The Kier molecular flexibility index (Phi) is 6.05. The van der Waals surface area contributed by atoms with E-state index in [4.69, 9.17) is 16.3 Å². The lowest BCUT2D eigenvalue weighted by Gasteiger charge is -2.16. The van der Waals surface area contributed by atoms with Crippen LogP contribution in [0.15, 0.2) is 47.4 Å². The molecule has 0 saturated carbocycles. The van der Waals surface area contributed by atoms with E-state index in [1.807, 2.05) is 13.0 Å². The van der Waals surface area contributed by atoms with Gasteiger partial charge in [-0.1, -0.05) is 23.7 Å². The highest BCUT2D eigenvalue weighted by atomic mass is 35.5. The fourth-order valence-electron chi connectivity index (χ4n) is 2.18. The standard InChI is InChI=1S/C17H19ClN2O4S/c1-11-5-4-6-14(9-11)19-17(21)12(2)20-25(22,23)16-10-13(18)7-8-15(16)24-3/h4-10,12,20H,1-3H3,(H,19,21)/t12-/m0/s1. The van der Waals surface area contributed by atoms with Crippen molar-refractivity contribution in [2.45, 2.75) is 24.8 Å². The highest BCUT2D eigenvalue weighted by molar-refractivity contribution is 7.89. The Morgan fingerprint density at radius 2 is 1.92 bits per heavy atom. The molecule has 1 atom stereocenters. The number of aryl methyl sites for hydroxylation is 1. The van der Waals surface area contributed by atoms with Crippen molar-refractivity contribution in [3.8, 4) is 5.75 Å². The molecule has 8 heteroatoms. The normalized spacial score (nSPS) is 12.5. The first-order valence-electron chi connectivity index (χ1n) is 7.46. The second kappa shape index (κ2) is 7.86. The van der Waals surface area contributed by atoms with Crippen LogP contribution >= 0.6 is 11.6 Å². The molecule has 0 saturated heterocycles. The zero-order valence-electron chi connectivity index (χ0n) is 14.0. The van der Waals surface area contributed by atoms with E-state index in [9.17, 15) is 13.2 Å². The third-order valence-electron chi connectivity index (χ3n) is 3.43. The molecule has 0 aliphatic rings. The zero-order chi connectivity index (χ0) is 18.6. The lowest BCUT2D eigenvalue weighted by atomic mass is 10.2. The van der Waals surface area contributed by atoms with Crippen molar-refractivity contribution in [3.05, 3.63) is 53.1 Å². The van der Waals surface area contributed by atoms with Gasteiger partial charge in [0.2, 0.25) is 15.9 Å². The average Bonchev–Trinajstić information content (AvgIpc) is 2.54. The van der Waals surface area contributed by atoms with Gasteiger partial charge in [-0.3, -0.25) is 4.79 Å². The number of nitrogens with one attached hydrogen (secondary N) is 2. The SMILES string of the molecule is COc1ccc(Cl)cc1S(=O)(=O)N[C@@H](C)C(=O)Nc1cccc(C)c1. The minimum atomic E-state index is -3.99. The molecule has 2 aromatic carbocycles. The van der Waals surface area contributed by atoms with Crippen LogP contribution in [0.1, 0.15) is 12.5 Å². The molecule has 25 heavy (non-hydrogen) atoms. The number of rotatable bonds is 6. The zero-order valence-corrected chi connectivity index (χ0v) is 15.6. The predicted molar refractivity (Wildman–Crippen MR) is 97.6 cm³/mol. The fraction of sp³-hybridized carbons (Fsp3) is 0.235. The van der Waals surface area contributed by atoms with Gasteiger partial charge < -0.3 is 10.1 Å². The summed E-state index contributed by atoms with van der Waals surface area (Å²) in [6.45, 7) is 3.35. The van der Waals surface area contributed by atoms with Crippen LogP contribution in [0, 0.1) is 6.92 Å². The molecule has 1 amide bonds. The topological polar surface area (TPSA) is 84.5 Å². The van der Waals surface area contributed by atoms with Gasteiger partial charge in [-0.25, -0.2) is 8.42 Å². The monoisotopic (exact) mass is 382 g/mol. The lowest BCUT2D eigenvalue weighted by Crippen LogP contribution is -2.41. The molecule has 134 valence electrons. The first-order chi connectivity index (χ1) is 11.7. The minimum Gasteiger partial charge on any atom is -0.495 e. The van der Waals surface area contributed by atoms with Gasteiger partial charge in [0, 0.05) is 10.7 Å². The van der Waals surface area contributed by atoms with Gasteiger partial charge in [-0.2, -0.15) is 4.72 Å². The molecule has 2 aromatic rings. The van der Waals surface area contributed by atoms with E-state index in [1.54, 1.807) is 18.2 Å². The first kappa shape index (κ1) is 19.2. The second-order valence-electron chi connectivity index (χ2n) is 5.50. The van der Waals surface area contributed by atoms with Crippen LogP contribution in [0.2, 0.25) is 5.02 Å². The summed E-state index contributed by atoms with van der Waals surface area (Å²) in [7, 11) is -2.63. The van der Waals surface area contributed by atoms with E-state index in [1.165, 1.54) is 32.2 Å². The number of hydrogen-bond donors (Lipinski definition) is 2. The Balaban J connectivity index is 2.17. The maximum absolute atomic E-state index is 12.6. The summed E-state index contributed by atoms with van der Waals surface area (Å²) in [4.78, 5) is 12.1. The van der Waals surface area contributed by atoms with Gasteiger partial charge in [-0.15, -0.1) is 0 Å². The molecule has 0 heterocycles. The smallest absolute Gasteiger partial charge is 0.245 e. The number of methoxy groups -OCH3 is 1. The molecule has 2 rings (SSSR count). The Morgan fingerprint density at radius 1 is 1.20 bits per heavy atom. The van der Waals surface area contributed by atoms with Crippen LogP contribution in [0.3, 0.4) is 0 Å². The molecule has 0 radical (unpaired) electrons. The third kappa shape index (κ3) is 4.94. The van der Waals surface area contributed by atoms with E-state index in [2.05, 4.69) is 10.0 Å². The van der Waals surface area contributed by atoms with Crippen LogP contribution in [0.5, 0.6) is 5.75 Å². The van der Waals surface area contributed by atoms with E-state index in [0.29, 0.717) is 5.69 Å². The van der Waals surface area contributed by atoms with Crippen LogP contribution in [0.25, 0.3) is 0 Å². The van der Waals surface area contributed by atoms with Crippen molar-refractivity contribution in [1.29, 1.82) is 0 Å². The van der Waals surface area contributed by atoms with Gasteiger partial charge in [-0.05, 0) is 49.7 Å². The fourth-order valence-corrected chi connectivity index (χ4v) is 3.82. The van der Waals surface area contributed by atoms with E-state index in [-0.39, 0.29) is 15.7 Å². The maximum Gasteiger partial charge on any atom is 0.245 e. The summed E-state index contributed by atoms with van der Waals surface area (Å²) in [5, 5.41) is 2.92. The van der Waals surface area contributed by atoms with Crippen molar-refractivity contribution in [1.82, 2.24) is 4.72 Å². The number of benzene rings is 2. The summed E-state index contributed by atoms with van der Waals surface area (Å²) >= 11 is 5.87. The van der Waals surface area contributed by atoms with Crippen molar-refractivity contribution in [2.24, 2.45) is 0 Å². The number of amides is 1. The van der Waals surface area contributed by atoms with Crippen molar-refractivity contribution in [2.75, 3.05) is 12.4 Å². The maximum atomic E-state index is 12.6. The molecule has 0 fully saturated rings. The largest absolute Gasteiger partial charge is 0.495 e. The summed E-state index contributed by atoms with van der Waals surface area (Å²) in [5.74, 6) is -0.335. The highest BCUT2D eigenvalue weighted by Crippen LogP contribution is 2.27. The van der Waals surface area contributed by atoms with E-state index < -0.39 is 22.0 Å². The van der Waals surface area contributed by atoms with Crippen LogP contribution in [0.4, 0.5) is 5.69 Å². The Bertz CT molecular complexity index is 884. The van der Waals surface area contributed by atoms with Crippen molar-refractivity contribution < 1.29 is 17.9 Å². The van der Waals surface area contributed by atoms with Gasteiger partial charge in [0.15, 0.2) is 0 Å². The minimum absolute atomic E-state index is 0.127. The molecule has 0 bridgehead atoms. The van der Waals surface area contributed by atoms with E-state index in [0.717, 1.165) is 5.56 Å². The third-order valence-corrected chi connectivity index (χ3v) is 5.22. The number of hydrogen-bond acceptors (Lipinski definition) is 4. The summed E-state index contributed by atoms with van der Waals surface area (Å²) in [6, 6.07) is 10.5. The quantitative estimate of drug-likeness (QED) is 0.804. The summed E-state index contributed by atoms with van der Waals surface area (Å²) in [5.41, 5.74) is 1.58. The number of halogens is 1. The lowest BCUT2D eigenvalue weighted by molar-refractivity contribution is -0.117. The highest BCUT2D eigenvalue weighted by Gasteiger charge is 2.25. The van der Waals surface area contributed by atoms with E-state index >= 15 is 0 Å². The molecule has 0 aliphatic heterocycles. The predicted octanol–water partition coefficient (Wildman–Crippen LogP) is 2.96. The Morgan fingerprint density at radius 3 is 2.56 bits per heavy atom. The molecule has 6 nitrogen and oxygen atoms in total. The van der Waals surface area contributed by atoms with Crippen LogP contribution < -0.4 is 14.8 Å². The molecule has 0 aliphatic carbocycles. The molecule has 0 spiro atoms. The Hall–Kier alpha value is -2.09. The number of sulfonamides is 1. The van der Waals surface area contributed by atoms with Crippen LogP contribution in [-0.2, 0) is 14.8 Å². The molecular weight excluding hydrogens is 364 g/mol. The Labute approximate surface area is 152 Å². The van der Waals surface area contributed by atoms with Gasteiger partial charge >= 0.3 is 0 Å². The number of carbonyl (C=O) groups is 1. The second-order valence-corrected chi connectivity index (χ2v) is 7.62. The number of anilines is 1. The summed E-state index contributed by atoms with van der Waals surface area (Å²) < 4.78 is 32.5.